The van der Waals surface area contributed by atoms with Gasteiger partial charge in [0.05, 0.1) is 6.04 Å². The van der Waals surface area contributed by atoms with Crippen LogP contribution in [0.2, 0.25) is 0 Å². The number of halogens is 2. The van der Waals surface area contributed by atoms with Crippen LogP contribution in [0.4, 0.5) is 0 Å². The molecule has 2 atom stereocenters. The Morgan fingerprint density at radius 2 is 1.91 bits per heavy atom. The van der Waals surface area contributed by atoms with Crippen molar-refractivity contribution >= 4 is 30.7 Å². The third-order valence-corrected chi connectivity index (χ3v) is 4.60. The lowest BCUT2D eigenvalue weighted by molar-refractivity contribution is -0.135. The van der Waals surface area contributed by atoms with E-state index in [9.17, 15) is 4.79 Å². The van der Waals surface area contributed by atoms with E-state index in [0.29, 0.717) is 6.54 Å². The third kappa shape index (κ3) is 3.93. The van der Waals surface area contributed by atoms with Crippen LogP contribution in [0, 0.1) is 0 Å². The molecule has 0 aliphatic carbocycles. The summed E-state index contributed by atoms with van der Waals surface area (Å²) < 4.78 is 0. The largest absolute Gasteiger partial charge is 0.340 e. The number of carbonyl (C=O) groups excluding carboxylic acids is 1. The van der Waals surface area contributed by atoms with Crippen molar-refractivity contribution in [3.63, 3.8) is 0 Å². The summed E-state index contributed by atoms with van der Waals surface area (Å²) in [5, 5.41) is 0. The fourth-order valence-electron chi connectivity index (χ4n) is 3.26. The molecule has 3 rings (SSSR count). The first-order valence-corrected chi connectivity index (χ1v) is 7.50. The highest BCUT2D eigenvalue weighted by Crippen LogP contribution is 2.21. The number of carbonyl (C=O) groups is 1. The van der Waals surface area contributed by atoms with Crippen molar-refractivity contribution in [2.24, 2.45) is 5.73 Å². The molecule has 1 aromatic carbocycles. The van der Waals surface area contributed by atoms with Crippen LogP contribution in [0.5, 0.6) is 0 Å². The van der Waals surface area contributed by atoms with E-state index in [1.807, 2.05) is 11.8 Å². The lowest BCUT2D eigenvalue weighted by atomic mass is 9.98. The Hall–Kier alpha value is -0.810. The molecule has 1 saturated heterocycles. The maximum atomic E-state index is 12.5. The van der Waals surface area contributed by atoms with E-state index in [-0.39, 0.29) is 42.8 Å². The van der Waals surface area contributed by atoms with Crippen LogP contribution >= 0.6 is 24.8 Å². The average Bonchev–Trinajstić information content (AvgIpc) is 2.92. The van der Waals surface area contributed by atoms with Gasteiger partial charge in [-0.1, -0.05) is 24.3 Å². The highest BCUT2D eigenvalue weighted by molar-refractivity contribution is 5.85. The molecule has 1 aromatic rings. The highest BCUT2D eigenvalue weighted by Gasteiger charge is 2.31. The summed E-state index contributed by atoms with van der Waals surface area (Å²) in [5.41, 5.74) is 8.68. The molecule has 4 nitrogen and oxygen atoms in total. The van der Waals surface area contributed by atoms with E-state index in [4.69, 9.17) is 5.73 Å². The Bertz CT molecular complexity index is 512. The predicted molar refractivity (Wildman–Crippen MR) is 93.7 cm³/mol. The van der Waals surface area contributed by atoms with Crippen LogP contribution < -0.4 is 5.73 Å². The summed E-state index contributed by atoms with van der Waals surface area (Å²) in [5.74, 6) is 0.234. The smallest absolute Gasteiger partial charge is 0.239 e. The Kier molecular flexibility index (Phi) is 7.13. The zero-order chi connectivity index (χ0) is 14.1. The summed E-state index contributed by atoms with van der Waals surface area (Å²) >= 11 is 0. The van der Waals surface area contributed by atoms with Crippen molar-refractivity contribution in [2.45, 2.75) is 38.4 Å². The number of fused-ring (bicyclic) bond motifs is 1. The summed E-state index contributed by atoms with van der Waals surface area (Å²) in [4.78, 5) is 16.7. The van der Waals surface area contributed by atoms with E-state index >= 15 is 0 Å². The van der Waals surface area contributed by atoms with Crippen LogP contribution in [0.1, 0.15) is 24.5 Å². The van der Waals surface area contributed by atoms with Crippen LogP contribution in [-0.4, -0.2) is 47.4 Å². The third-order valence-electron chi connectivity index (χ3n) is 4.60. The maximum Gasteiger partial charge on any atom is 0.239 e. The second kappa shape index (κ2) is 8.16. The number of benzene rings is 1. The second-order valence-electron chi connectivity index (χ2n) is 6.00. The van der Waals surface area contributed by atoms with E-state index in [0.717, 1.165) is 32.5 Å². The van der Waals surface area contributed by atoms with E-state index in [1.165, 1.54) is 11.1 Å². The number of hydrogen-bond acceptors (Lipinski definition) is 3. The fraction of sp³-hybridized carbons (Fsp3) is 0.562. The molecule has 0 spiro atoms. The van der Waals surface area contributed by atoms with Gasteiger partial charge in [-0.3, -0.25) is 9.69 Å². The van der Waals surface area contributed by atoms with Crippen molar-refractivity contribution < 1.29 is 4.79 Å². The van der Waals surface area contributed by atoms with Gasteiger partial charge in [-0.15, -0.1) is 24.8 Å². The minimum Gasteiger partial charge on any atom is -0.340 e. The topological polar surface area (TPSA) is 49.6 Å². The van der Waals surface area contributed by atoms with Crippen LogP contribution in [0.3, 0.4) is 0 Å². The molecule has 0 bridgehead atoms. The Labute approximate surface area is 144 Å². The van der Waals surface area contributed by atoms with Crippen molar-refractivity contribution in [1.29, 1.82) is 0 Å². The standard InChI is InChI=1S/C16H23N3O.2ClH/c1-12(16(20)19-9-7-15(17)11-19)18-8-6-13-4-2-3-5-14(13)10-18;;/h2-5,12,15H,6-11,17H2,1H3;2*1H/t12?,15-;;/m1../s1. The number of hydrogen-bond donors (Lipinski definition) is 1. The van der Waals surface area contributed by atoms with Gasteiger partial charge in [0.15, 0.2) is 0 Å². The molecule has 2 aliphatic rings. The molecule has 1 fully saturated rings. The van der Waals surface area contributed by atoms with Gasteiger partial charge >= 0.3 is 0 Å². The Morgan fingerprint density at radius 1 is 1.23 bits per heavy atom. The zero-order valence-electron chi connectivity index (χ0n) is 12.9. The van der Waals surface area contributed by atoms with Crippen molar-refractivity contribution in [3.05, 3.63) is 35.4 Å². The van der Waals surface area contributed by atoms with Crippen LogP contribution in [0.15, 0.2) is 24.3 Å². The molecular weight excluding hydrogens is 321 g/mol. The monoisotopic (exact) mass is 345 g/mol. The van der Waals surface area contributed by atoms with Crippen LogP contribution in [0.25, 0.3) is 0 Å². The molecule has 0 aromatic heterocycles. The zero-order valence-corrected chi connectivity index (χ0v) is 14.5. The fourth-order valence-corrected chi connectivity index (χ4v) is 3.26. The van der Waals surface area contributed by atoms with Gasteiger partial charge in [-0.25, -0.2) is 0 Å². The summed E-state index contributed by atoms with van der Waals surface area (Å²) in [6, 6.07) is 8.65. The SMILES string of the molecule is CC(C(=O)N1CC[C@@H](N)C1)N1CCc2ccccc2C1.Cl.Cl. The van der Waals surface area contributed by atoms with Gasteiger partial charge in [0.25, 0.3) is 0 Å². The molecule has 124 valence electrons. The molecule has 0 saturated carbocycles. The molecule has 2 heterocycles. The average molecular weight is 346 g/mol. The van der Waals surface area contributed by atoms with E-state index < -0.39 is 0 Å². The van der Waals surface area contributed by atoms with Gasteiger partial charge in [-0.05, 0) is 30.9 Å². The lowest BCUT2D eigenvalue weighted by Crippen LogP contribution is -2.48. The van der Waals surface area contributed by atoms with E-state index in [1.54, 1.807) is 0 Å². The van der Waals surface area contributed by atoms with Crippen molar-refractivity contribution in [3.8, 4) is 0 Å². The number of nitrogens with two attached hydrogens (primary N) is 1. The normalized spacial score (nSPS) is 22.3. The second-order valence-corrected chi connectivity index (χ2v) is 6.00. The van der Waals surface area contributed by atoms with Crippen LogP contribution in [-0.2, 0) is 17.8 Å². The maximum absolute atomic E-state index is 12.5. The van der Waals surface area contributed by atoms with Gasteiger partial charge in [0, 0.05) is 32.2 Å². The first-order valence-electron chi connectivity index (χ1n) is 7.50. The van der Waals surface area contributed by atoms with Crippen molar-refractivity contribution in [1.82, 2.24) is 9.80 Å². The quantitative estimate of drug-likeness (QED) is 0.889. The van der Waals surface area contributed by atoms with Gasteiger partial charge in [0.1, 0.15) is 0 Å². The first-order chi connectivity index (χ1) is 9.65. The summed E-state index contributed by atoms with van der Waals surface area (Å²) in [7, 11) is 0. The molecule has 2 aliphatic heterocycles. The number of amides is 1. The minimum absolute atomic E-state index is 0. The summed E-state index contributed by atoms with van der Waals surface area (Å²) in [6.45, 7) is 5.40. The van der Waals surface area contributed by atoms with Gasteiger partial charge < -0.3 is 10.6 Å². The molecular formula is C16H25Cl2N3O. The number of nitrogens with zero attached hydrogens (tertiary/aromatic N) is 2. The Balaban J connectivity index is 0.00000121. The molecule has 22 heavy (non-hydrogen) atoms. The molecule has 1 unspecified atom stereocenters. The molecule has 2 N–H and O–H groups in total. The highest BCUT2D eigenvalue weighted by atomic mass is 35.5. The first kappa shape index (κ1) is 19.2. The predicted octanol–water partition coefficient (Wildman–Crippen LogP) is 1.84. The molecule has 0 radical (unpaired) electrons. The van der Waals surface area contributed by atoms with E-state index in [2.05, 4.69) is 29.2 Å². The Morgan fingerprint density at radius 3 is 2.55 bits per heavy atom. The van der Waals surface area contributed by atoms with Crippen molar-refractivity contribution in [2.75, 3.05) is 19.6 Å². The number of rotatable bonds is 2. The molecule has 1 amide bonds. The minimum atomic E-state index is -0.0475. The summed E-state index contributed by atoms with van der Waals surface area (Å²) in [6.07, 6.45) is 1.97. The number of likely N-dealkylation sites (tertiary alicyclic amines) is 1. The van der Waals surface area contributed by atoms with Gasteiger partial charge in [-0.2, -0.15) is 0 Å². The van der Waals surface area contributed by atoms with Gasteiger partial charge in [0.2, 0.25) is 5.91 Å². The molecule has 6 heteroatoms. The lowest BCUT2D eigenvalue weighted by Gasteiger charge is -2.34.